The van der Waals surface area contributed by atoms with Crippen LogP contribution in [0, 0.1) is 0 Å². The van der Waals surface area contributed by atoms with Crippen LogP contribution in [0.3, 0.4) is 0 Å². The summed E-state index contributed by atoms with van der Waals surface area (Å²) in [4.78, 5) is 12.6. The lowest BCUT2D eigenvalue weighted by atomic mass is 10.3. The van der Waals surface area contributed by atoms with Gasteiger partial charge >= 0.3 is 0 Å². The minimum atomic E-state index is -0.143. The minimum Gasteiger partial charge on any atom is -0.344 e. The van der Waals surface area contributed by atoms with Gasteiger partial charge in [-0.25, -0.2) is 0 Å². The van der Waals surface area contributed by atoms with Crippen LogP contribution in [-0.2, 0) is 6.54 Å². The van der Waals surface area contributed by atoms with E-state index in [1.165, 1.54) is 11.3 Å². The SMILES string of the molecule is O=C(NCc1nnnn1-c1ccc(Cl)cc1)c1cccs1. The molecular weight excluding hydrogens is 310 g/mol. The van der Waals surface area contributed by atoms with Crippen molar-refractivity contribution < 1.29 is 4.79 Å². The van der Waals surface area contributed by atoms with E-state index in [0.717, 1.165) is 5.69 Å². The van der Waals surface area contributed by atoms with Crippen LogP contribution in [0.2, 0.25) is 5.02 Å². The lowest BCUT2D eigenvalue weighted by Gasteiger charge is -2.05. The number of rotatable bonds is 4. The van der Waals surface area contributed by atoms with Crippen LogP contribution in [0.25, 0.3) is 5.69 Å². The van der Waals surface area contributed by atoms with Crippen molar-refractivity contribution in [1.29, 1.82) is 0 Å². The van der Waals surface area contributed by atoms with Crippen LogP contribution in [-0.4, -0.2) is 26.1 Å². The second-order valence-corrected chi connectivity index (χ2v) is 5.53. The van der Waals surface area contributed by atoms with Gasteiger partial charge in [0.15, 0.2) is 5.82 Å². The van der Waals surface area contributed by atoms with Gasteiger partial charge in [-0.1, -0.05) is 17.7 Å². The van der Waals surface area contributed by atoms with E-state index < -0.39 is 0 Å². The highest BCUT2D eigenvalue weighted by atomic mass is 35.5. The van der Waals surface area contributed by atoms with Crippen LogP contribution in [0.4, 0.5) is 0 Å². The Morgan fingerprint density at radius 3 is 2.81 bits per heavy atom. The number of amides is 1. The Balaban J connectivity index is 1.74. The highest BCUT2D eigenvalue weighted by Gasteiger charge is 2.11. The highest BCUT2D eigenvalue weighted by molar-refractivity contribution is 7.12. The maximum atomic E-state index is 11.9. The Hall–Kier alpha value is -2.25. The molecule has 3 aromatic rings. The van der Waals surface area contributed by atoms with Crippen molar-refractivity contribution in [2.75, 3.05) is 0 Å². The molecule has 3 rings (SSSR count). The summed E-state index contributed by atoms with van der Waals surface area (Å²) in [5.41, 5.74) is 0.782. The number of benzene rings is 1. The van der Waals surface area contributed by atoms with Crippen molar-refractivity contribution in [1.82, 2.24) is 25.5 Å². The number of halogens is 1. The zero-order chi connectivity index (χ0) is 14.7. The van der Waals surface area contributed by atoms with Gasteiger partial charge in [-0.15, -0.1) is 16.4 Å². The predicted octanol–water partition coefficient (Wildman–Crippen LogP) is 2.31. The summed E-state index contributed by atoms with van der Waals surface area (Å²) in [6.45, 7) is 0.242. The summed E-state index contributed by atoms with van der Waals surface area (Å²) < 4.78 is 1.56. The number of carbonyl (C=O) groups excluding carboxylic acids is 1. The van der Waals surface area contributed by atoms with Crippen LogP contribution in [0.15, 0.2) is 41.8 Å². The monoisotopic (exact) mass is 319 g/mol. The highest BCUT2D eigenvalue weighted by Crippen LogP contribution is 2.13. The van der Waals surface area contributed by atoms with Gasteiger partial charge in [0, 0.05) is 5.02 Å². The molecule has 0 bridgehead atoms. The third kappa shape index (κ3) is 3.09. The smallest absolute Gasteiger partial charge is 0.261 e. The summed E-state index contributed by atoms with van der Waals surface area (Å²) >= 11 is 7.24. The molecule has 0 fully saturated rings. The molecule has 0 aliphatic heterocycles. The third-order valence-electron chi connectivity index (χ3n) is 2.76. The first kappa shape index (κ1) is 13.7. The van der Waals surface area contributed by atoms with Crippen LogP contribution >= 0.6 is 22.9 Å². The molecule has 0 aliphatic carbocycles. The lowest BCUT2D eigenvalue weighted by molar-refractivity contribution is 0.0953. The zero-order valence-electron chi connectivity index (χ0n) is 10.7. The standard InChI is InChI=1S/C13H10ClN5OS/c14-9-3-5-10(6-4-9)19-12(16-17-18-19)8-15-13(20)11-2-1-7-21-11/h1-7H,8H2,(H,15,20). The molecule has 106 valence electrons. The van der Waals surface area contributed by atoms with Crippen LogP contribution in [0.1, 0.15) is 15.5 Å². The molecule has 8 heteroatoms. The van der Waals surface area contributed by atoms with Crippen molar-refractivity contribution in [3.8, 4) is 5.69 Å². The normalized spacial score (nSPS) is 10.5. The number of tetrazole rings is 1. The van der Waals surface area contributed by atoms with E-state index in [9.17, 15) is 4.79 Å². The topological polar surface area (TPSA) is 72.7 Å². The molecule has 0 aliphatic rings. The number of nitrogens with zero attached hydrogens (tertiary/aromatic N) is 4. The van der Waals surface area contributed by atoms with Gasteiger partial charge in [0.2, 0.25) is 0 Å². The molecule has 0 saturated carbocycles. The van der Waals surface area contributed by atoms with E-state index in [2.05, 4.69) is 20.8 Å². The first-order valence-electron chi connectivity index (χ1n) is 6.09. The van der Waals surface area contributed by atoms with Gasteiger partial charge in [-0.05, 0) is 46.1 Å². The molecule has 0 spiro atoms. The first-order chi connectivity index (χ1) is 10.2. The third-order valence-corrected chi connectivity index (χ3v) is 3.88. The summed E-state index contributed by atoms with van der Waals surface area (Å²) in [6.07, 6.45) is 0. The van der Waals surface area contributed by atoms with E-state index in [-0.39, 0.29) is 12.5 Å². The Morgan fingerprint density at radius 2 is 2.10 bits per heavy atom. The van der Waals surface area contributed by atoms with Crippen molar-refractivity contribution >= 4 is 28.8 Å². The summed E-state index contributed by atoms with van der Waals surface area (Å²) in [5.74, 6) is 0.401. The van der Waals surface area contributed by atoms with Crippen molar-refractivity contribution in [3.63, 3.8) is 0 Å². The Kier molecular flexibility index (Phi) is 3.94. The number of hydrogen-bond acceptors (Lipinski definition) is 5. The van der Waals surface area contributed by atoms with Gasteiger partial charge in [0.05, 0.1) is 17.1 Å². The molecule has 21 heavy (non-hydrogen) atoms. The molecule has 2 aromatic heterocycles. The molecule has 0 radical (unpaired) electrons. The van der Waals surface area contributed by atoms with Crippen molar-refractivity contribution in [2.45, 2.75) is 6.54 Å². The Morgan fingerprint density at radius 1 is 1.29 bits per heavy atom. The van der Waals surface area contributed by atoms with E-state index in [0.29, 0.717) is 15.7 Å². The second kappa shape index (κ2) is 6.02. The average molecular weight is 320 g/mol. The van der Waals surface area contributed by atoms with Gasteiger partial charge in [0.1, 0.15) is 0 Å². The summed E-state index contributed by atoms with van der Waals surface area (Å²) in [5, 5.41) is 16.8. The second-order valence-electron chi connectivity index (χ2n) is 4.14. The maximum absolute atomic E-state index is 11.9. The van der Waals surface area contributed by atoms with Gasteiger partial charge in [0.25, 0.3) is 5.91 Å². The first-order valence-corrected chi connectivity index (χ1v) is 7.35. The fourth-order valence-electron chi connectivity index (χ4n) is 1.75. The van der Waals surface area contributed by atoms with Gasteiger partial charge in [-0.3, -0.25) is 4.79 Å². The predicted molar refractivity (Wildman–Crippen MR) is 79.7 cm³/mol. The number of aromatic nitrogens is 4. The molecule has 6 nitrogen and oxygen atoms in total. The molecule has 1 amide bonds. The molecular formula is C13H10ClN5OS. The molecule has 0 atom stereocenters. The summed E-state index contributed by atoms with van der Waals surface area (Å²) in [6, 6.07) is 10.7. The Bertz CT molecular complexity index is 738. The number of carbonyl (C=O) groups is 1. The van der Waals surface area contributed by atoms with Gasteiger partial charge in [-0.2, -0.15) is 4.68 Å². The van der Waals surface area contributed by atoms with E-state index in [4.69, 9.17) is 11.6 Å². The fourth-order valence-corrected chi connectivity index (χ4v) is 2.52. The molecule has 0 saturated heterocycles. The number of nitrogens with one attached hydrogen (secondary N) is 1. The Labute approximate surface area is 129 Å². The minimum absolute atomic E-state index is 0.143. The quantitative estimate of drug-likeness (QED) is 0.801. The van der Waals surface area contributed by atoms with E-state index in [1.54, 1.807) is 22.9 Å². The lowest BCUT2D eigenvalue weighted by Crippen LogP contribution is -2.23. The number of hydrogen-bond donors (Lipinski definition) is 1. The van der Waals surface area contributed by atoms with Crippen LogP contribution < -0.4 is 5.32 Å². The molecule has 2 heterocycles. The van der Waals surface area contributed by atoms with Crippen molar-refractivity contribution in [2.24, 2.45) is 0 Å². The zero-order valence-corrected chi connectivity index (χ0v) is 12.3. The molecule has 1 aromatic carbocycles. The van der Waals surface area contributed by atoms with E-state index >= 15 is 0 Å². The molecule has 0 unspecified atom stereocenters. The summed E-state index contributed by atoms with van der Waals surface area (Å²) in [7, 11) is 0. The van der Waals surface area contributed by atoms with Crippen molar-refractivity contribution in [3.05, 3.63) is 57.5 Å². The number of thiophene rings is 1. The largest absolute Gasteiger partial charge is 0.344 e. The fraction of sp³-hybridized carbons (Fsp3) is 0.0769. The van der Waals surface area contributed by atoms with Crippen LogP contribution in [0.5, 0.6) is 0 Å². The average Bonchev–Trinajstić information content (AvgIpc) is 3.17. The van der Waals surface area contributed by atoms with E-state index in [1.807, 2.05) is 23.6 Å². The van der Waals surface area contributed by atoms with Gasteiger partial charge < -0.3 is 5.32 Å². The molecule has 1 N–H and O–H groups in total. The maximum Gasteiger partial charge on any atom is 0.261 e.